The monoisotopic (exact) mass is 456 g/mol. The van der Waals surface area contributed by atoms with Gasteiger partial charge in [-0.2, -0.15) is 0 Å². The van der Waals surface area contributed by atoms with E-state index >= 15 is 0 Å². The molecule has 3 aromatic rings. The van der Waals surface area contributed by atoms with E-state index in [2.05, 4.69) is 10.0 Å². The van der Waals surface area contributed by atoms with Crippen LogP contribution in [-0.4, -0.2) is 21.4 Å². The van der Waals surface area contributed by atoms with Gasteiger partial charge in [0.25, 0.3) is 10.0 Å². The second-order valence-electron chi connectivity index (χ2n) is 7.23. The largest absolute Gasteiger partial charge is 0.497 e. The Balaban J connectivity index is 1.60. The number of ether oxygens (including phenoxy) is 1. The van der Waals surface area contributed by atoms with Gasteiger partial charge in [0, 0.05) is 5.69 Å². The van der Waals surface area contributed by atoms with Crippen LogP contribution in [-0.2, 0) is 21.2 Å². The molecule has 8 heteroatoms. The van der Waals surface area contributed by atoms with Crippen LogP contribution < -0.4 is 14.8 Å². The van der Waals surface area contributed by atoms with Gasteiger partial charge in [-0.1, -0.05) is 31.2 Å². The minimum absolute atomic E-state index is 0.0357. The quantitative estimate of drug-likeness (QED) is 0.498. The maximum Gasteiger partial charge on any atom is 0.261 e. The molecule has 0 aliphatic heterocycles. The van der Waals surface area contributed by atoms with E-state index in [1.54, 1.807) is 31.4 Å². The van der Waals surface area contributed by atoms with Crippen LogP contribution in [0.25, 0.3) is 0 Å². The molecule has 2 N–H and O–H groups in total. The second-order valence-corrected chi connectivity index (χ2v) is 8.92. The number of carbonyl (C=O) groups excluding carboxylic acids is 1. The smallest absolute Gasteiger partial charge is 0.261 e. The fraction of sp³-hybridized carbons (Fsp3) is 0.208. The molecule has 0 aliphatic rings. The van der Waals surface area contributed by atoms with Crippen LogP contribution >= 0.6 is 0 Å². The fourth-order valence-electron chi connectivity index (χ4n) is 3.21. The van der Waals surface area contributed by atoms with Crippen molar-refractivity contribution in [3.8, 4) is 5.75 Å². The fourth-order valence-corrected chi connectivity index (χ4v) is 4.27. The summed E-state index contributed by atoms with van der Waals surface area (Å²) in [6.45, 7) is 2.00. The Bertz CT molecular complexity index is 1150. The molecule has 0 saturated heterocycles. The molecule has 168 valence electrons. The van der Waals surface area contributed by atoms with Gasteiger partial charge in [0.2, 0.25) is 5.91 Å². The Morgan fingerprint density at radius 2 is 1.59 bits per heavy atom. The van der Waals surface area contributed by atoms with E-state index in [4.69, 9.17) is 4.74 Å². The predicted octanol–water partition coefficient (Wildman–Crippen LogP) is 4.45. The highest BCUT2D eigenvalue weighted by molar-refractivity contribution is 7.92. The first-order valence-corrected chi connectivity index (χ1v) is 11.6. The number of sulfonamides is 1. The molecule has 1 amide bonds. The lowest BCUT2D eigenvalue weighted by Gasteiger charge is -2.18. The molecule has 0 heterocycles. The third-order valence-corrected chi connectivity index (χ3v) is 6.35. The van der Waals surface area contributed by atoms with Crippen molar-refractivity contribution in [3.63, 3.8) is 0 Å². The van der Waals surface area contributed by atoms with E-state index in [9.17, 15) is 17.6 Å². The Labute approximate surface area is 187 Å². The van der Waals surface area contributed by atoms with E-state index in [-0.39, 0.29) is 23.3 Å². The lowest BCUT2D eigenvalue weighted by atomic mass is 10.0. The van der Waals surface area contributed by atoms with Gasteiger partial charge in [0.1, 0.15) is 11.6 Å². The highest BCUT2D eigenvalue weighted by Gasteiger charge is 2.15. The Morgan fingerprint density at radius 1 is 0.969 bits per heavy atom. The predicted molar refractivity (Wildman–Crippen MR) is 122 cm³/mol. The molecule has 6 nitrogen and oxygen atoms in total. The van der Waals surface area contributed by atoms with Crippen molar-refractivity contribution in [2.45, 2.75) is 30.7 Å². The first-order valence-electron chi connectivity index (χ1n) is 10.1. The van der Waals surface area contributed by atoms with Crippen molar-refractivity contribution in [1.29, 1.82) is 0 Å². The van der Waals surface area contributed by atoms with Crippen molar-refractivity contribution >= 4 is 21.6 Å². The molecule has 0 saturated carbocycles. The van der Waals surface area contributed by atoms with Gasteiger partial charge < -0.3 is 10.1 Å². The summed E-state index contributed by atoms with van der Waals surface area (Å²) in [6.07, 6.45) is 0.903. The van der Waals surface area contributed by atoms with Crippen molar-refractivity contribution in [2.75, 3.05) is 11.8 Å². The van der Waals surface area contributed by atoms with E-state index in [0.717, 1.165) is 35.4 Å². The molecular weight excluding hydrogens is 431 g/mol. The third-order valence-electron chi connectivity index (χ3n) is 4.96. The van der Waals surface area contributed by atoms with Gasteiger partial charge >= 0.3 is 0 Å². The van der Waals surface area contributed by atoms with Gasteiger partial charge in [0.05, 0.1) is 24.5 Å². The Morgan fingerprint density at radius 3 is 2.16 bits per heavy atom. The molecule has 32 heavy (non-hydrogen) atoms. The van der Waals surface area contributed by atoms with Crippen LogP contribution in [0, 0.1) is 5.82 Å². The summed E-state index contributed by atoms with van der Waals surface area (Å²) < 4.78 is 45.4. The number of anilines is 1. The summed E-state index contributed by atoms with van der Waals surface area (Å²) >= 11 is 0. The minimum atomic E-state index is -3.83. The van der Waals surface area contributed by atoms with Gasteiger partial charge in [0.15, 0.2) is 0 Å². The molecular formula is C24H25FN2O4S. The van der Waals surface area contributed by atoms with Crippen LogP contribution in [0.4, 0.5) is 10.1 Å². The molecule has 0 bridgehead atoms. The number of methoxy groups -OCH3 is 1. The first-order chi connectivity index (χ1) is 15.3. The highest BCUT2D eigenvalue weighted by Crippen LogP contribution is 2.21. The number of halogens is 1. The molecule has 1 unspecified atom stereocenters. The maximum absolute atomic E-state index is 13.0. The Hall–Kier alpha value is -3.39. The van der Waals surface area contributed by atoms with Crippen molar-refractivity contribution in [3.05, 3.63) is 89.7 Å². The average Bonchev–Trinajstić information content (AvgIpc) is 2.79. The van der Waals surface area contributed by atoms with Gasteiger partial charge in [-0.15, -0.1) is 0 Å². The van der Waals surface area contributed by atoms with E-state index in [1.807, 2.05) is 31.2 Å². The summed E-state index contributed by atoms with van der Waals surface area (Å²) in [5.41, 5.74) is 2.09. The van der Waals surface area contributed by atoms with E-state index < -0.39 is 15.8 Å². The third kappa shape index (κ3) is 6.07. The van der Waals surface area contributed by atoms with Gasteiger partial charge in [-0.05, 0) is 66.1 Å². The molecule has 0 fully saturated rings. The number of amides is 1. The van der Waals surface area contributed by atoms with Crippen molar-refractivity contribution < 1.29 is 22.3 Å². The van der Waals surface area contributed by atoms with Crippen LogP contribution in [0.5, 0.6) is 5.75 Å². The first kappa shape index (κ1) is 23.3. The summed E-state index contributed by atoms with van der Waals surface area (Å²) in [6, 6.07) is 18.6. The van der Waals surface area contributed by atoms with Crippen molar-refractivity contribution in [1.82, 2.24) is 5.32 Å². The summed E-state index contributed by atoms with van der Waals surface area (Å²) in [5, 5.41) is 3.03. The number of nitrogens with one attached hydrogen (secondary N) is 2. The molecule has 3 aromatic carbocycles. The standard InChI is InChI=1S/C24H25FN2O4S/c1-3-23(18-6-12-21(31-2)13-7-18)26-24(28)16-17-4-10-20(11-5-17)27-32(29,30)22-14-8-19(25)9-15-22/h4-15,23,27H,3,16H2,1-2H3,(H,26,28). The summed E-state index contributed by atoms with van der Waals surface area (Å²) in [4.78, 5) is 12.5. The van der Waals surface area contributed by atoms with E-state index in [0.29, 0.717) is 5.69 Å². The van der Waals surface area contributed by atoms with Gasteiger partial charge in [-0.3, -0.25) is 9.52 Å². The lowest BCUT2D eigenvalue weighted by Crippen LogP contribution is -2.29. The Kier molecular flexibility index (Phi) is 7.48. The zero-order chi connectivity index (χ0) is 23.1. The second kappa shape index (κ2) is 10.3. The topological polar surface area (TPSA) is 84.5 Å². The lowest BCUT2D eigenvalue weighted by molar-refractivity contribution is -0.121. The summed E-state index contributed by atoms with van der Waals surface area (Å²) in [5.74, 6) is 0.112. The van der Waals surface area contributed by atoms with Gasteiger partial charge in [-0.25, -0.2) is 12.8 Å². The zero-order valence-corrected chi connectivity index (χ0v) is 18.7. The molecule has 0 aromatic heterocycles. The average molecular weight is 457 g/mol. The van der Waals surface area contributed by atoms with Crippen molar-refractivity contribution in [2.24, 2.45) is 0 Å². The number of benzene rings is 3. The number of hydrogen-bond acceptors (Lipinski definition) is 4. The van der Waals surface area contributed by atoms with Crippen LogP contribution in [0.15, 0.2) is 77.7 Å². The maximum atomic E-state index is 13.0. The molecule has 1 atom stereocenters. The SMILES string of the molecule is CCC(NC(=O)Cc1ccc(NS(=O)(=O)c2ccc(F)cc2)cc1)c1ccc(OC)cc1. The normalized spacial score (nSPS) is 12.1. The number of carbonyl (C=O) groups is 1. The minimum Gasteiger partial charge on any atom is -0.497 e. The molecule has 3 rings (SSSR count). The summed E-state index contributed by atoms with van der Waals surface area (Å²) in [7, 11) is -2.22. The zero-order valence-electron chi connectivity index (χ0n) is 17.8. The van der Waals surface area contributed by atoms with Crippen LogP contribution in [0.1, 0.15) is 30.5 Å². The number of rotatable bonds is 9. The molecule has 0 spiro atoms. The molecule has 0 radical (unpaired) electrons. The van der Waals surface area contributed by atoms with Crippen LogP contribution in [0.2, 0.25) is 0 Å². The van der Waals surface area contributed by atoms with E-state index in [1.165, 1.54) is 12.1 Å². The molecule has 0 aliphatic carbocycles. The number of hydrogen-bond donors (Lipinski definition) is 2. The van der Waals surface area contributed by atoms with Crippen LogP contribution in [0.3, 0.4) is 0 Å². The highest BCUT2D eigenvalue weighted by atomic mass is 32.2.